The number of aliphatic hydroxyl groups is 3. The van der Waals surface area contributed by atoms with E-state index < -0.39 is 30.4 Å². The molecule has 0 aromatic carbocycles. The summed E-state index contributed by atoms with van der Waals surface area (Å²) in [5.74, 6) is -1.03. The van der Waals surface area contributed by atoms with Gasteiger partial charge in [0.05, 0.1) is 7.11 Å². The maximum atomic E-state index is 10.9. The van der Waals surface area contributed by atoms with Crippen molar-refractivity contribution in [2.24, 2.45) is 0 Å². The molecule has 0 aromatic rings. The summed E-state index contributed by atoms with van der Waals surface area (Å²) < 4.78 is 8.81. The van der Waals surface area contributed by atoms with Gasteiger partial charge in [-0.2, -0.15) is 0 Å². The van der Waals surface area contributed by atoms with Gasteiger partial charge in [0.25, 0.3) is 0 Å². The van der Waals surface area contributed by atoms with Gasteiger partial charge in [-0.3, -0.25) is 0 Å². The topological polar surface area (TPSA) is 113 Å². The number of carbonyl (C=O) groups excluding carboxylic acids is 2. The third-order valence-corrected chi connectivity index (χ3v) is 1.85. The summed E-state index contributed by atoms with van der Waals surface area (Å²) in [6.45, 7) is 0. The zero-order valence-corrected chi connectivity index (χ0v) is 8.36. The van der Waals surface area contributed by atoms with Gasteiger partial charge in [-0.15, -0.1) is 0 Å². The van der Waals surface area contributed by atoms with Crippen LogP contribution in [0.3, 0.4) is 0 Å². The minimum absolute atomic E-state index is 0.0701. The molecule has 7 heteroatoms. The Morgan fingerprint density at radius 3 is 2.13 bits per heavy atom. The molecule has 15 heavy (non-hydrogen) atoms. The van der Waals surface area contributed by atoms with Gasteiger partial charge in [0, 0.05) is 7.11 Å². The number of methoxy groups -OCH3 is 2. The lowest BCUT2D eigenvalue weighted by Crippen LogP contribution is -2.49. The molecule has 0 rings (SSSR count). The Kier molecular flexibility index (Phi) is 6.02. The molecule has 0 aliphatic carbocycles. The molecule has 0 heterocycles. The van der Waals surface area contributed by atoms with E-state index in [1.807, 2.05) is 0 Å². The van der Waals surface area contributed by atoms with Gasteiger partial charge in [-0.05, 0) is 0 Å². The molecule has 0 bridgehead atoms. The van der Waals surface area contributed by atoms with E-state index in [4.69, 9.17) is 5.11 Å². The summed E-state index contributed by atoms with van der Waals surface area (Å²) in [4.78, 5) is 21.1. The van der Waals surface area contributed by atoms with Gasteiger partial charge >= 0.3 is 5.97 Å². The van der Waals surface area contributed by atoms with Crippen molar-refractivity contribution in [1.82, 2.24) is 0 Å². The van der Waals surface area contributed by atoms with Crippen LogP contribution in [0.2, 0.25) is 0 Å². The van der Waals surface area contributed by atoms with Crippen LogP contribution in [-0.2, 0) is 19.1 Å². The first kappa shape index (κ1) is 14.0. The normalized spacial score (nSPS) is 18.7. The Morgan fingerprint density at radius 1 is 1.27 bits per heavy atom. The van der Waals surface area contributed by atoms with Gasteiger partial charge < -0.3 is 29.6 Å². The van der Waals surface area contributed by atoms with E-state index in [1.54, 1.807) is 0 Å². The van der Waals surface area contributed by atoms with Crippen LogP contribution in [0, 0.1) is 0 Å². The lowest BCUT2D eigenvalue weighted by molar-refractivity contribution is -0.170. The molecule has 7 nitrogen and oxygen atoms in total. The fraction of sp³-hybridized carbons (Fsp3) is 0.750. The first-order chi connectivity index (χ1) is 6.99. The minimum Gasteiger partial charge on any atom is -0.467 e. The van der Waals surface area contributed by atoms with Crippen molar-refractivity contribution in [3.63, 3.8) is 0 Å². The van der Waals surface area contributed by atoms with Crippen molar-refractivity contribution in [2.45, 2.75) is 24.4 Å². The van der Waals surface area contributed by atoms with Crippen LogP contribution in [0.1, 0.15) is 0 Å². The minimum atomic E-state index is -1.77. The second kappa shape index (κ2) is 6.46. The van der Waals surface area contributed by atoms with E-state index in [-0.39, 0.29) is 6.29 Å². The van der Waals surface area contributed by atoms with E-state index in [0.29, 0.717) is 0 Å². The molecule has 0 aliphatic heterocycles. The average molecular weight is 222 g/mol. The summed E-state index contributed by atoms with van der Waals surface area (Å²) >= 11 is 0. The molecular formula is C8H14O7. The SMILES string of the molecule is COC(=O)C(O)C(OC)C(O)C(O)C=O. The fourth-order valence-corrected chi connectivity index (χ4v) is 0.985. The van der Waals surface area contributed by atoms with E-state index in [2.05, 4.69) is 9.47 Å². The highest BCUT2D eigenvalue weighted by Crippen LogP contribution is 2.09. The predicted octanol–water partition coefficient (Wildman–Crippen LogP) is -2.54. The second-order valence-corrected chi connectivity index (χ2v) is 2.79. The zero-order chi connectivity index (χ0) is 12.0. The largest absolute Gasteiger partial charge is 0.467 e. The Balaban J connectivity index is 4.59. The van der Waals surface area contributed by atoms with Gasteiger partial charge in [0.2, 0.25) is 0 Å². The van der Waals surface area contributed by atoms with E-state index >= 15 is 0 Å². The highest BCUT2D eigenvalue weighted by molar-refractivity contribution is 5.75. The van der Waals surface area contributed by atoms with Crippen LogP contribution in [0.25, 0.3) is 0 Å². The van der Waals surface area contributed by atoms with Crippen LogP contribution in [0.5, 0.6) is 0 Å². The van der Waals surface area contributed by atoms with E-state index in [0.717, 1.165) is 14.2 Å². The summed E-state index contributed by atoms with van der Waals surface area (Å²) in [5.41, 5.74) is 0. The summed E-state index contributed by atoms with van der Waals surface area (Å²) in [7, 11) is 2.15. The molecule has 3 N–H and O–H groups in total. The quantitative estimate of drug-likeness (QED) is 0.335. The highest BCUT2D eigenvalue weighted by Gasteiger charge is 2.36. The van der Waals surface area contributed by atoms with Crippen LogP contribution >= 0.6 is 0 Å². The molecule has 0 saturated heterocycles. The Bertz CT molecular complexity index is 217. The number of hydrogen-bond donors (Lipinski definition) is 3. The second-order valence-electron chi connectivity index (χ2n) is 2.79. The molecule has 0 saturated carbocycles. The van der Waals surface area contributed by atoms with Crippen molar-refractivity contribution in [3.8, 4) is 0 Å². The van der Waals surface area contributed by atoms with Crippen LogP contribution in [0.4, 0.5) is 0 Å². The van der Waals surface area contributed by atoms with Gasteiger partial charge in [-0.25, -0.2) is 4.79 Å². The van der Waals surface area contributed by atoms with Crippen molar-refractivity contribution >= 4 is 12.3 Å². The van der Waals surface area contributed by atoms with Crippen molar-refractivity contribution < 1.29 is 34.4 Å². The third-order valence-electron chi connectivity index (χ3n) is 1.85. The number of aliphatic hydroxyl groups excluding tert-OH is 3. The zero-order valence-electron chi connectivity index (χ0n) is 8.36. The predicted molar refractivity (Wildman–Crippen MR) is 46.9 cm³/mol. The number of hydrogen-bond acceptors (Lipinski definition) is 7. The molecule has 4 atom stereocenters. The first-order valence-electron chi connectivity index (χ1n) is 4.09. The maximum Gasteiger partial charge on any atom is 0.337 e. The monoisotopic (exact) mass is 222 g/mol. The number of rotatable bonds is 6. The number of ether oxygens (including phenoxy) is 2. The average Bonchev–Trinajstić information content (AvgIpc) is 2.27. The third kappa shape index (κ3) is 3.56. The van der Waals surface area contributed by atoms with E-state index in [1.165, 1.54) is 0 Å². The number of carbonyl (C=O) groups is 2. The Morgan fingerprint density at radius 2 is 1.80 bits per heavy atom. The lowest BCUT2D eigenvalue weighted by atomic mass is 10.0. The number of esters is 1. The fourth-order valence-electron chi connectivity index (χ4n) is 0.985. The summed E-state index contributed by atoms with van der Waals surface area (Å²) in [5, 5.41) is 27.6. The van der Waals surface area contributed by atoms with Gasteiger partial charge in [0.15, 0.2) is 12.4 Å². The molecule has 4 unspecified atom stereocenters. The van der Waals surface area contributed by atoms with E-state index in [9.17, 15) is 19.8 Å². The van der Waals surface area contributed by atoms with Crippen molar-refractivity contribution in [2.75, 3.05) is 14.2 Å². The molecule has 0 fully saturated rings. The van der Waals surface area contributed by atoms with Crippen molar-refractivity contribution in [1.29, 1.82) is 0 Å². The van der Waals surface area contributed by atoms with Crippen LogP contribution < -0.4 is 0 Å². The molecule has 0 amide bonds. The Labute approximate surface area is 86.2 Å². The Hall–Kier alpha value is -1.02. The van der Waals surface area contributed by atoms with Gasteiger partial charge in [-0.1, -0.05) is 0 Å². The molecule has 0 aromatic heterocycles. The van der Waals surface area contributed by atoms with Crippen LogP contribution in [0.15, 0.2) is 0 Å². The lowest BCUT2D eigenvalue weighted by Gasteiger charge is -2.25. The molecule has 0 radical (unpaired) electrons. The number of aldehydes is 1. The maximum absolute atomic E-state index is 10.9. The van der Waals surface area contributed by atoms with Gasteiger partial charge in [0.1, 0.15) is 18.3 Å². The highest BCUT2D eigenvalue weighted by atomic mass is 16.6. The molecule has 88 valence electrons. The van der Waals surface area contributed by atoms with Crippen LogP contribution in [-0.4, -0.2) is 66.2 Å². The first-order valence-corrected chi connectivity index (χ1v) is 4.09. The molecule has 0 aliphatic rings. The van der Waals surface area contributed by atoms with Crippen molar-refractivity contribution in [3.05, 3.63) is 0 Å². The smallest absolute Gasteiger partial charge is 0.337 e. The summed E-state index contributed by atoms with van der Waals surface area (Å²) in [6.07, 6.45) is -6.58. The molecular weight excluding hydrogens is 208 g/mol. The standard InChI is InChI=1S/C8H14O7/c1-14-7(5(11)4(10)3-9)6(12)8(13)15-2/h3-7,10-12H,1-2H3. The molecule has 0 spiro atoms. The summed E-state index contributed by atoms with van der Waals surface area (Å²) in [6, 6.07) is 0.